The molecule has 0 aromatic carbocycles. The molecular weight excluding hydrogens is 266 g/mol. The van der Waals surface area contributed by atoms with Crippen LogP contribution in [0.4, 0.5) is 10.5 Å². The normalized spacial score (nSPS) is 15.9. The van der Waals surface area contributed by atoms with Gasteiger partial charge >= 0.3 is 6.09 Å². The SMILES string of the molecule is Cc1cc([N+](=O)[O-])cnc1OC1CCN(C(=O)O)CC1. The standard InChI is InChI=1S/C12H15N3O5/c1-8-6-9(15(18)19)7-13-11(8)20-10-2-4-14(5-3-10)12(16)17/h6-7,10H,2-5H2,1H3,(H,16,17). The van der Waals surface area contributed by atoms with Gasteiger partial charge in [0.2, 0.25) is 5.88 Å². The van der Waals surface area contributed by atoms with Crippen molar-refractivity contribution in [1.29, 1.82) is 0 Å². The number of rotatable bonds is 3. The van der Waals surface area contributed by atoms with E-state index in [0.29, 0.717) is 37.4 Å². The van der Waals surface area contributed by atoms with Crippen LogP contribution in [0, 0.1) is 17.0 Å². The minimum absolute atomic E-state index is 0.0736. The van der Waals surface area contributed by atoms with Crippen molar-refractivity contribution in [3.05, 3.63) is 27.9 Å². The van der Waals surface area contributed by atoms with Crippen molar-refractivity contribution < 1.29 is 19.6 Å². The van der Waals surface area contributed by atoms with Crippen molar-refractivity contribution >= 4 is 11.8 Å². The highest BCUT2D eigenvalue weighted by Crippen LogP contribution is 2.23. The summed E-state index contributed by atoms with van der Waals surface area (Å²) in [5, 5.41) is 19.5. The molecule has 1 aromatic heterocycles. The van der Waals surface area contributed by atoms with Gasteiger partial charge in [0.05, 0.1) is 4.92 Å². The number of amides is 1. The van der Waals surface area contributed by atoms with Gasteiger partial charge in [-0.05, 0) is 6.92 Å². The van der Waals surface area contributed by atoms with Crippen LogP contribution in [0.25, 0.3) is 0 Å². The average molecular weight is 281 g/mol. The lowest BCUT2D eigenvalue weighted by atomic mass is 10.1. The first kappa shape index (κ1) is 14.0. The van der Waals surface area contributed by atoms with Crippen LogP contribution in [0.5, 0.6) is 5.88 Å². The largest absolute Gasteiger partial charge is 0.474 e. The van der Waals surface area contributed by atoms with Crippen LogP contribution in [-0.2, 0) is 0 Å². The van der Waals surface area contributed by atoms with Crippen molar-refractivity contribution in [2.24, 2.45) is 0 Å². The van der Waals surface area contributed by atoms with E-state index in [0.717, 1.165) is 6.20 Å². The second kappa shape index (κ2) is 5.72. The smallest absolute Gasteiger partial charge is 0.407 e. The molecule has 1 aliphatic rings. The fourth-order valence-corrected chi connectivity index (χ4v) is 2.09. The summed E-state index contributed by atoms with van der Waals surface area (Å²) in [6.45, 7) is 2.54. The third-order valence-electron chi connectivity index (χ3n) is 3.22. The molecule has 0 radical (unpaired) electrons. The topological polar surface area (TPSA) is 106 Å². The van der Waals surface area contributed by atoms with E-state index >= 15 is 0 Å². The number of aromatic nitrogens is 1. The zero-order valence-corrected chi connectivity index (χ0v) is 11.0. The van der Waals surface area contributed by atoms with E-state index in [4.69, 9.17) is 9.84 Å². The van der Waals surface area contributed by atoms with E-state index in [2.05, 4.69) is 4.98 Å². The summed E-state index contributed by atoms with van der Waals surface area (Å²) in [5.74, 6) is 0.365. The molecule has 0 saturated carbocycles. The molecule has 1 aromatic rings. The molecule has 0 unspecified atom stereocenters. The molecule has 2 heterocycles. The van der Waals surface area contributed by atoms with Crippen LogP contribution >= 0.6 is 0 Å². The molecule has 2 rings (SSSR count). The Hall–Kier alpha value is -2.38. The Kier molecular flexibility index (Phi) is 4.02. The lowest BCUT2D eigenvalue weighted by molar-refractivity contribution is -0.385. The van der Waals surface area contributed by atoms with Crippen molar-refractivity contribution in [3.63, 3.8) is 0 Å². The molecule has 1 amide bonds. The maximum absolute atomic E-state index is 10.8. The average Bonchev–Trinajstić information content (AvgIpc) is 2.41. The zero-order chi connectivity index (χ0) is 14.7. The fourth-order valence-electron chi connectivity index (χ4n) is 2.09. The van der Waals surface area contributed by atoms with Gasteiger partial charge < -0.3 is 14.7 Å². The maximum Gasteiger partial charge on any atom is 0.407 e. The molecule has 8 nitrogen and oxygen atoms in total. The van der Waals surface area contributed by atoms with E-state index in [1.807, 2.05) is 0 Å². The number of hydrogen-bond donors (Lipinski definition) is 1. The number of nitro groups is 1. The zero-order valence-electron chi connectivity index (χ0n) is 11.0. The molecule has 8 heteroatoms. The van der Waals surface area contributed by atoms with E-state index < -0.39 is 11.0 Å². The van der Waals surface area contributed by atoms with Gasteiger partial charge in [0.25, 0.3) is 5.69 Å². The molecule has 1 N–H and O–H groups in total. The van der Waals surface area contributed by atoms with Gasteiger partial charge in [-0.2, -0.15) is 0 Å². The summed E-state index contributed by atoms with van der Waals surface area (Å²) in [5.41, 5.74) is 0.524. The molecule has 1 aliphatic heterocycles. The molecule has 0 spiro atoms. The van der Waals surface area contributed by atoms with Crippen molar-refractivity contribution in [2.45, 2.75) is 25.9 Å². The minimum atomic E-state index is -0.923. The van der Waals surface area contributed by atoms with Gasteiger partial charge in [0, 0.05) is 37.6 Å². The van der Waals surface area contributed by atoms with Gasteiger partial charge in [-0.3, -0.25) is 10.1 Å². The van der Waals surface area contributed by atoms with Crippen molar-refractivity contribution in [2.75, 3.05) is 13.1 Å². The van der Waals surface area contributed by atoms with E-state index in [-0.39, 0.29) is 11.8 Å². The van der Waals surface area contributed by atoms with Crippen molar-refractivity contribution in [3.8, 4) is 5.88 Å². The predicted octanol–water partition coefficient (Wildman–Crippen LogP) is 1.82. The number of ether oxygens (including phenoxy) is 1. The third-order valence-corrected chi connectivity index (χ3v) is 3.22. The first-order chi connectivity index (χ1) is 9.47. The molecule has 0 aliphatic carbocycles. The number of carboxylic acid groups (broad SMARTS) is 1. The third kappa shape index (κ3) is 3.14. The van der Waals surface area contributed by atoms with Crippen molar-refractivity contribution in [1.82, 2.24) is 9.88 Å². The number of piperidine rings is 1. The molecular formula is C12H15N3O5. The Labute approximate surface area is 115 Å². The summed E-state index contributed by atoms with van der Waals surface area (Å²) < 4.78 is 5.70. The second-order valence-corrected chi connectivity index (χ2v) is 4.66. The highest BCUT2D eigenvalue weighted by molar-refractivity contribution is 5.65. The van der Waals surface area contributed by atoms with E-state index in [1.165, 1.54) is 11.0 Å². The highest BCUT2D eigenvalue weighted by Gasteiger charge is 2.24. The molecule has 108 valence electrons. The monoisotopic (exact) mass is 281 g/mol. The van der Waals surface area contributed by atoms with Gasteiger partial charge in [-0.25, -0.2) is 9.78 Å². The lowest BCUT2D eigenvalue weighted by Gasteiger charge is -2.30. The second-order valence-electron chi connectivity index (χ2n) is 4.66. The van der Waals surface area contributed by atoms with Gasteiger partial charge in [0.15, 0.2) is 0 Å². The summed E-state index contributed by atoms with van der Waals surface area (Å²) in [4.78, 5) is 26.2. The van der Waals surface area contributed by atoms with Crippen LogP contribution in [0.3, 0.4) is 0 Å². The number of carbonyl (C=O) groups is 1. The van der Waals surface area contributed by atoms with Gasteiger partial charge in [0.1, 0.15) is 12.3 Å². The Morgan fingerprint density at radius 1 is 1.55 bits per heavy atom. The predicted molar refractivity (Wildman–Crippen MR) is 68.9 cm³/mol. The number of nitrogens with zero attached hydrogens (tertiary/aromatic N) is 3. The Bertz CT molecular complexity index is 526. The minimum Gasteiger partial charge on any atom is -0.474 e. The molecule has 20 heavy (non-hydrogen) atoms. The van der Waals surface area contributed by atoms with Crippen LogP contribution in [0.1, 0.15) is 18.4 Å². The Morgan fingerprint density at radius 2 is 2.20 bits per heavy atom. The highest BCUT2D eigenvalue weighted by atomic mass is 16.6. The first-order valence-electron chi connectivity index (χ1n) is 6.23. The first-order valence-corrected chi connectivity index (χ1v) is 6.23. The van der Waals surface area contributed by atoms with Crippen LogP contribution in [0.2, 0.25) is 0 Å². The van der Waals surface area contributed by atoms with Crippen LogP contribution in [0.15, 0.2) is 12.3 Å². The maximum atomic E-state index is 10.8. The Morgan fingerprint density at radius 3 is 2.70 bits per heavy atom. The molecule has 0 atom stereocenters. The Balaban J connectivity index is 1.98. The molecule has 1 saturated heterocycles. The van der Waals surface area contributed by atoms with Gasteiger partial charge in [-0.1, -0.05) is 0 Å². The summed E-state index contributed by atoms with van der Waals surface area (Å²) in [6, 6.07) is 1.41. The van der Waals surface area contributed by atoms with E-state index in [9.17, 15) is 14.9 Å². The summed E-state index contributed by atoms with van der Waals surface area (Å²) in [7, 11) is 0. The quantitative estimate of drug-likeness (QED) is 0.669. The number of hydrogen-bond acceptors (Lipinski definition) is 5. The van der Waals surface area contributed by atoms with Crippen LogP contribution < -0.4 is 4.74 Å². The van der Waals surface area contributed by atoms with Crippen LogP contribution in [-0.4, -0.2) is 45.2 Å². The summed E-state index contributed by atoms with van der Waals surface area (Å²) in [6.07, 6.45) is 1.30. The number of likely N-dealkylation sites (tertiary alicyclic amines) is 1. The summed E-state index contributed by atoms with van der Waals surface area (Å²) >= 11 is 0. The molecule has 1 fully saturated rings. The molecule has 0 bridgehead atoms. The lowest BCUT2D eigenvalue weighted by Crippen LogP contribution is -2.41. The van der Waals surface area contributed by atoms with Gasteiger partial charge in [-0.15, -0.1) is 0 Å². The fraction of sp³-hybridized carbons (Fsp3) is 0.500. The number of pyridine rings is 1. The van der Waals surface area contributed by atoms with E-state index in [1.54, 1.807) is 6.92 Å². The number of aryl methyl sites for hydroxylation is 1.